The second-order valence-electron chi connectivity index (χ2n) is 4.43. The smallest absolute Gasteiger partial charge is 0.178 e. The highest BCUT2D eigenvalue weighted by Crippen LogP contribution is 2.21. The van der Waals surface area contributed by atoms with E-state index in [9.17, 15) is 9.90 Å². The number of ether oxygens (including phenoxy) is 1. The number of carbonyl (C=O) groups is 1. The third kappa shape index (κ3) is 3.68. The number of nitrogens with zero attached hydrogens (tertiary/aromatic N) is 1. The van der Waals surface area contributed by atoms with E-state index in [4.69, 9.17) is 27.9 Å². The highest BCUT2D eigenvalue weighted by molar-refractivity contribution is 6.36. The SMILES string of the molecule is O=C(CN1CCOCC1CO)c1cc(Cl)ccc1Cl. The maximum Gasteiger partial charge on any atom is 0.178 e. The number of rotatable bonds is 4. The molecule has 0 bridgehead atoms. The third-order valence-electron chi connectivity index (χ3n) is 3.14. The summed E-state index contributed by atoms with van der Waals surface area (Å²) in [4.78, 5) is 14.1. The van der Waals surface area contributed by atoms with E-state index in [1.807, 2.05) is 4.90 Å². The van der Waals surface area contributed by atoms with E-state index < -0.39 is 0 Å². The van der Waals surface area contributed by atoms with Crippen LogP contribution in [0.4, 0.5) is 0 Å². The van der Waals surface area contributed by atoms with Crippen molar-refractivity contribution in [2.24, 2.45) is 0 Å². The minimum Gasteiger partial charge on any atom is -0.395 e. The number of carbonyl (C=O) groups excluding carboxylic acids is 1. The summed E-state index contributed by atoms with van der Waals surface area (Å²) in [7, 11) is 0. The van der Waals surface area contributed by atoms with Gasteiger partial charge in [-0.15, -0.1) is 0 Å². The number of hydrogen-bond donors (Lipinski definition) is 1. The van der Waals surface area contributed by atoms with Crippen molar-refractivity contribution in [3.05, 3.63) is 33.8 Å². The molecular weight excluding hydrogens is 289 g/mol. The van der Waals surface area contributed by atoms with Crippen LogP contribution in [0.2, 0.25) is 10.0 Å². The first-order valence-electron chi connectivity index (χ1n) is 6.02. The average Bonchev–Trinajstić information content (AvgIpc) is 2.42. The Hall–Kier alpha value is -0.650. The molecule has 1 aromatic carbocycles. The van der Waals surface area contributed by atoms with Gasteiger partial charge in [0.25, 0.3) is 0 Å². The Bertz CT molecular complexity index is 467. The van der Waals surface area contributed by atoms with Crippen molar-refractivity contribution < 1.29 is 14.6 Å². The number of ketones is 1. The van der Waals surface area contributed by atoms with E-state index in [2.05, 4.69) is 0 Å². The van der Waals surface area contributed by atoms with Crippen molar-refractivity contribution in [2.45, 2.75) is 6.04 Å². The molecule has 1 saturated heterocycles. The number of morpholine rings is 1. The first-order chi connectivity index (χ1) is 9.11. The predicted octanol–water partition coefficient (Wildman–Crippen LogP) is 1.87. The molecule has 1 aliphatic rings. The maximum absolute atomic E-state index is 12.2. The molecule has 2 rings (SSSR count). The Morgan fingerprint density at radius 2 is 2.26 bits per heavy atom. The molecule has 4 nitrogen and oxygen atoms in total. The lowest BCUT2D eigenvalue weighted by Gasteiger charge is -2.33. The summed E-state index contributed by atoms with van der Waals surface area (Å²) in [5.74, 6) is -0.104. The number of halogens is 2. The monoisotopic (exact) mass is 303 g/mol. The lowest BCUT2D eigenvalue weighted by Crippen LogP contribution is -2.49. The molecule has 1 atom stereocenters. The molecule has 0 saturated carbocycles. The molecule has 1 aliphatic heterocycles. The maximum atomic E-state index is 12.2. The van der Waals surface area contributed by atoms with Crippen molar-refractivity contribution in [3.63, 3.8) is 0 Å². The molecule has 1 heterocycles. The van der Waals surface area contributed by atoms with E-state index in [0.29, 0.717) is 35.4 Å². The van der Waals surface area contributed by atoms with E-state index in [0.717, 1.165) is 0 Å². The van der Waals surface area contributed by atoms with Gasteiger partial charge < -0.3 is 9.84 Å². The molecule has 0 spiro atoms. The minimum atomic E-state index is -0.143. The van der Waals surface area contributed by atoms with Gasteiger partial charge in [-0.3, -0.25) is 9.69 Å². The Kier molecular flexibility index (Phi) is 5.19. The minimum absolute atomic E-state index is 0.0312. The zero-order chi connectivity index (χ0) is 13.8. The molecule has 0 amide bonds. The second kappa shape index (κ2) is 6.68. The van der Waals surface area contributed by atoms with Gasteiger partial charge >= 0.3 is 0 Å². The van der Waals surface area contributed by atoms with Gasteiger partial charge in [0.15, 0.2) is 5.78 Å². The zero-order valence-corrected chi connectivity index (χ0v) is 11.8. The van der Waals surface area contributed by atoms with Gasteiger partial charge in [0, 0.05) is 17.1 Å². The molecule has 0 aromatic heterocycles. The molecule has 1 unspecified atom stereocenters. The van der Waals surface area contributed by atoms with Crippen LogP contribution in [0.5, 0.6) is 0 Å². The van der Waals surface area contributed by atoms with Crippen LogP contribution < -0.4 is 0 Å². The fourth-order valence-electron chi connectivity index (χ4n) is 2.05. The molecule has 0 aliphatic carbocycles. The normalized spacial score (nSPS) is 20.5. The lowest BCUT2D eigenvalue weighted by molar-refractivity contribution is -0.0240. The standard InChI is InChI=1S/C13H15Cl2NO3/c14-9-1-2-12(15)11(5-9)13(18)6-16-3-4-19-8-10(16)7-17/h1-2,5,10,17H,3-4,6-8H2. The molecule has 1 aromatic rings. The highest BCUT2D eigenvalue weighted by Gasteiger charge is 2.25. The van der Waals surface area contributed by atoms with E-state index in [1.165, 1.54) is 0 Å². The lowest BCUT2D eigenvalue weighted by atomic mass is 10.1. The molecule has 0 radical (unpaired) electrons. The van der Waals surface area contributed by atoms with Crippen LogP contribution >= 0.6 is 23.2 Å². The van der Waals surface area contributed by atoms with Crippen LogP contribution in [0.15, 0.2) is 18.2 Å². The van der Waals surface area contributed by atoms with Crippen molar-refractivity contribution in [2.75, 3.05) is 32.9 Å². The Labute approximate surface area is 121 Å². The van der Waals surface area contributed by atoms with E-state index >= 15 is 0 Å². The van der Waals surface area contributed by atoms with Crippen molar-refractivity contribution in [1.82, 2.24) is 4.90 Å². The summed E-state index contributed by atoms with van der Waals surface area (Å²) < 4.78 is 5.27. The van der Waals surface area contributed by atoms with Crippen LogP contribution in [0, 0.1) is 0 Å². The number of aliphatic hydroxyl groups is 1. The van der Waals surface area contributed by atoms with Crippen molar-refractivity contribution in [3.8, 4) is 0 Å². The molecule has 1 N–H and O–H groups in total. The fraction of sp³-hybridized carbons (Fsp3) is 0.462. The Morgan fingerprint density at radius 1 is 1.47 bits per heavy atom. The zero-order valence-electron chi connectivity index (χ0n) is 10.3. The average molecular weight is 304 g/mol. The van der Waals surface area contributed by atoms with Crippen LogP contribution in [0.1, 0.15) is 10.4 Å². The number of Topliss-reactive ketones (excluding diaryl/α,β-unsaturated/α-hetero) is 1. The van der Waals surface area contributed by atoms with Crippen LogP contribution in [0.25, 0.3) is 0 Å². The van der Waals surface area contributed by atoms with Gasteiger partial charge in [-0.1, -0.05) is 23.2 Å². The van der Waals surface area contributed by atoms with Crippen LogP contribution in [0.3, 0.4) is 0 Å². The van der Waals surface area contributed by atoms with Gasteiger partial charge in [-0.05, 0) is 18.2 Å². The topological polar surface area (TPSA) is 49.8 Å². The molecule has 19 heavy (non-hydrogen) atoms. The van der Waals surface area contributed by atoms with Crippen LogP contribution in [-0.2, 0) is 4.74 Å². The molecule has 1 fully saturated rings. The van der Waals surface area contributed by atoms with Gasteiger partial charge in [-0.2, -0.15) is 0 Å². The third-order valence-corrected chi connectivity index (χ3v) is 3.70. The first kappa shape index (κ1) is 14.8. The quantitative estimate of drug-likeness (QED) is 0.863. The molecule has 104 valence electrons. The summed E-state index contributed by atoms with van der Waals surface area (Å²) in [6.07, 6.45) is 0. The van der Waals surface area contributed by atoms with Crippen LogP contribution in [-0.4, -0.2) is 54.7 Å². The number of hydrogen-bond acceptors (Lipinski definition) is 4. The first-order valence-corrected chi connectivity index (χ1v) is 6.78. The number of benzene rings is 1. The van der Waals surface area contributed by atoms with E-state index in [-0.39, 0.29) is 25.0 Å². The van der Waals surface area contributed by atoms with Gasteiger partial charge in [-0.25, -0.2) is 0 Å². The van der Waals surface area contributed by atoms with E-state index in [1.54, 1.807) is 18.2 Å². The number of aliphatic hydroxyl groups excluding tert-OH is 1. The predicted molar refractivity (Wildman–Crippen MR) is 74.1 cm³/mol. The van der Waals surface area contributed by atoms with Crippen molar-refractivity contribution >= 4 is 29.0 Å². The Balaban J connectivity index is 2.09. The van der Waals surface area contributed by atoms with Gasteiger partial charge in [0.2, 0.25) is 0 Å². The summed E-state index contributed by atoms with van der Waals surface area (Å²) >= 11 is 11.9. The van der Waals surface area contributed by atoms with Gasteiger partial charge in [0.05, 0.1) is 37.4 Å². The largest absolute Gasteiger partial charge is 0.395 e. The van der Waals surface area contributed by atoms with Crippen molar-refractivity contribution in [1.29, 1.82) is 0 Å². The highest BCUT2D eigenvalue weighted by atomic mass is 35.5. The summed E-state index contributed by atoms with van der Waals surface area (Å²) in [5, 5.41) is 10.1. The Morgan fingerprint density at radius 3 is 3.00 bits per heavy atom. The second-order valence-corrected chi connectivity index (χ2v) is 5.27. The molecule has 6 heteroatoms. The fourth-order valence-corrected chi connectivity index (χ4v) is 2.44. The summed E-state index contributed by atoms with van der Waals surface area (Å²) in [5.41, 5.74) is 0.414. The van der Waals surface area contributed by atoms with Gasteiger partial charge in [0.1, 0.15) is 0 Å². The summed E-state index contributed by atoms with van der Waals surface area (Å²) in [6.45, 7) is 1.79. The summed E-state index contributed by atoms with van der Waals surface area (Å²) in [6, 6.07) is 4.68. The molecular formula is C13H15Cl2NO3.